The van der Waals surface area contributed by atoms with Crippen molar-refractivity contribution in [2.45, 2.75) is 12.5 Å². The fraction of sp³-hybridized carbons (Fsp3) is 0.625. The molecule has 0 bridgehead atoms. The summed E-state index contributed by atoms with van der Waals surface area (Å²) in [4.78, 5) is 11.1. The second kappa shape index (κ2) is 1.92. The van der Waals surface area contributed by atoms with Gasteiger partial charge in [0.1, 0.15) is 6.10 Å². The molecule has 2 aliphatic rings. The average molecular weight is 138 g/mol. The summed E-state index contributed by atoms with van der Waals surface area (Å²) in [5.74, 6) is 1.16. The molecule has 2 aliphatic carbocycles. The van der Waals surface area contributed by atoms with Crippen LogP contribution in [0.3, 0.4) is 0 Å². The van der Waals surface area contributed by atoms with Crippen LogP contribution in [0.2, 0.25) is 0 Å². The molecular formula is C8H10O2. The maximum atomic E-state index is 11.1. The minimum atomic E-state index is -0.130. The van der Waals surface area contributed by atoms with E-state index in [-0.39, 0.29) is 11.9 Å². The highest BCUT2D eigenvalue weighted by Gasteiger charge is 2.43. The van der Waals surface area contributed by atoms with Gasteiger partial charge in [0, 0.05) is 19.4 Å². The van der Waals surface area contributed by atoms with Crippen molar-refractivity contribution in [3.8, 4) is 0 Å². The third-order valence-electron chi connectivity index (χ3n) is 2.43. The number of fused-ring (bicyclic) bond motifs is 1. The van der Waals surface area contributed by atoms with Crippen molar-refractivity contribution in [1.29, 1.82) is 0 Å². The van der Waals surface area contributed by atoms with E-state index >= 15 is 0 Å². The van der Waals surface area contributed by atoms with Gasteiger partial charge < -0.3 is 4.74 Å². The van der Waals surface area contributed by atoms with Gasteiger partial charge in [-0.3, -0.25) is 4.79 Å². The van der Waals surface area contributed by atoms with E-state index in [1.54, 1.807) is 7.11 Å². The summed E-state index contributed by atoms with van der Waals surface area (Å²) in [6.45, 7) is 0. The summed E-state index contributed by atoms with van der Waals surface area (Å²) < 4.78 is 5.06. The molecular weight excluding hydrogens is 128 g/mol. The van der Waals surface area contributed by atoms with Gasteiger partial charge in [-0.15, -0.1) is 0 Å². The predicted molar refractivity (Wildman–Crippen MR) is 36.5 cm³/mol. The van der Waals surface area contributed by atoms with E-state index in [0.717, 1.165) is 0 Å². The molecule has 0 saturated heterocycles. The van der Waals surface area contributed by atoms with E-state index < -0.39 is 0 Å². The van der Waals surface area contributed by atoms with Crippen LogP contribution in [0.25, 0.3) is 0 Å². The van der Waals surface area contributed by atoms with E-state index in [0.29, 0.717) is 18.3 Å². The van der Waals surface area contributed by atoms with Gasteiger partial charge in [-0.1, -0.05) is 12.2 Å². The number of carbonyl (C=O) groups is 1. The van der Waals surface area contributed by atoms with Crippen LogP contribution >= 0.6 is 0 Å². The number of ether oxygens (including phenoxy) is 1. The number of carbonyl (C=O) groups excluding carboxylic acids is 1. The first-order valence-electron chi connectivity index (χ1n) is 3.57. The summed E-state index contributed by atoms with van der Waals surface area (Å²) in [5.41, 5.74) is 0. The van der Waals surface area contributed by atoms with Crippen LogP contribution in [0.4, 0.5) is 0 Å². The number of hydrogen-bond acceptors (Lipinski definition) is 2. The van der Waals surface area contributed by atoms with Gasteiger partial charge in [-0.05, 0) is 5.92 Å². The maximum absolute atomic E-state index is 11.1. The number of rotatable bonds is 1. The summed E-state index contributed by atoms with van der Waals surface area (Å²) in [5, 5.41) is 0. The fourth-order valence-electron chi connectivity index (χ4n) is 1.78. The molecule has 0 unspecified atom stereocenters. The van der Waals surface area contributed by atoms with Gasteiger partial charge in [0.05, 0.1) is 0 Å². The van der Waals surface area contributed by atoms with Crippen LogP contribution in [-0.2, 0) is 9.53 Å². The minimum absolute atomic E-state index is 0.130. The van der Waals surface area contributed by atoms with E-state index in [9.17, 15) is 4.79 Å². The van der Waals surface area contributed by atoms with Crippen LogP contribution in [-0.4, -0.2) is 19.0 Å². The molecule has 0 amide bonds. The molecule has 0 N–H and O–H groups in total. The SMILES string of the molecule is CO[C@@H]1C(=O)C[C@@H]2C=C[C@H]12. The Labute approximate surface area is 59.9 Å². The first-order valence-corrected chi connectivity index (χ1v) is 3.57. The maximum Gasteiger partial charge on any atom is 0.162 e. The Kier molecular flexibility index (Phi) is 1.17. The normalized spacial score (nSPS) is 43.3. The molecule has 2 rings (SSSR count). The van der Waals surface area contributed by atoms with Crippen molar-refractivity contribution in [3.63, 3.8) is 0 Å². The monoisotopic (exact) mass is 138 g/mol. The summed E-state index contributed by atoms with van der Waals surface area (Å²) in [6, 6.07) is 0. The highest BCUT2D eigenvalue weighted by atomic mass is 16.5. The average Bonchev–Trinajstić information content (AvgIpc) is 2.09. The minimum Gasteiger partial charge on any atom is -0.373 e. The van der Waals surface area contributed by atoms with Crippen molar-refractivity contribution in [1.82, 2.24) is 0 Å². The Morgan fingerprint density at radius 3 is 2.70 bits per heavy atom. The van der Waals surface area contributed by atoms with Gasteiger partial charge in [0.15, 0.2) is 5.78 Å². The van der Waals surface area contributed by atoms with Gasteiger partial charge in [-0.2, -0.15) is 0 Å². The molecule has 0 radical (unpaired) electrons. The molecule has 0 aromatic rings. The van der Waals surface area contributed by atoms with Crippen molar-refractivity contribution < 1.29 is 9.53 Å². The second-order valence-corrected chi connectivity index (χ2v) is 2.95. The van der Waals surface area contributed by atoms with E-state index in [1.807, 2.05) is 0 Å². The molecule has 0 spiro atoms. The lowest BCUT2D eigenvalue weighted by Gasteiger charge is -2.23. The van der Waals surface area contributed by atoms with Crippen LogP contribution in [0.5, 0.6) is 0 Å². The summed E-state index contributed by atoms with van der Waals surface area (Å²) in [7, 11) is 1.61. The molecule has 0 heterocycles. The first kappa shape index (κ1) is 6.10. The van der Waals surface area contributed by atoms with Gasteiger partial charge >= 0.3 is 0 Å². The molecule has 0 aliphatic heterocycles. The Hall–Kier alpha value is -0.630. The number of hydrogen-bond donors (Lipinski definition) is 0. The number of allylic oxidation sites excluding steroid dienone is 1. The number of ketones is 1. The topological polar surface area (TPSA) is 26.3 Å². The fourth-order valence-corrected chi connectivity index (χ4v) is 1.78. The quantitative estimate of drug-likeness (QED) is 0.500. The largest absolute Gasteiger partial charge is 0.373 e. The van der Waals surface area contributed by atoms with Crippen LogP contribution in [0.1, 0.15) is 6.42 Å². The van der Waals surface area contributed by atoms with Crippen LogP contribution in [0, 0.1) is 11.8 Å². The molecule has 0 aromatic heterocycles. The zero-order chi connectivity index (χ0) is 7.14. The number of methoxy groups -OCH3 is 1. The van der Waals surface area contributed by atoms with E-state index in [4.69, 9.17) is 4.74 Å². The highest BCUT2D eigenvalue weighted by molar-refractivity contribution is 5.87. The summed E-state index contributed by atoms with van der Waals surface area (Å²) >= 11 is 0. The zero-order valence-corrected chi connectivity index (χ0v) is 5.91. The predicted octanol–water partition coefficient (Wildman–Crippen LogP) is 0.776. The molecule has 2 heteroatoms. The van der Waals surface area contributed by atoms with Crippen LogP contribution in [0.15, 0.2) is 12.2 Å². The third kappa shape index (κ3) is 0.598. The third-order valence-corrected chi connectivity index (χ3v) is 2.43. The van der Waals surface area contributed by atoms with Crippen molar-refractivity contribution in [3.05, 3.63) is 12.2 Å². The molecule has 1 saturated carbocycles. The lowest BCUT2D eigenvalue weighted by atomic mass is 9.84. The molecule has 10 heavy (non-hydrogen) atoms. The Balaban J connectivity index is 2.18. The Morgan fingerprint density at radius 2 is 2.40 bits per heavy atom. The van der Waals surface area contributed by atoms with E-state index in [2.05, 4.69) is 12.2 Å². The molecule has 1 fully saturated rings. The van der Waals surface area contributed by atoms with Gasteiger partial charge in [-0.25, -0.2) is 0 Å². The highest BCUT2D eigenvalue weighted by Crippen LogP contribution is 2.39. The van der Waals surface area contributed by atoms with Crippen LogP contribution < -0.4 is 0 Å². The zero-order valence-electron chi connectivity index (χ0n) is 5.91. The van der Waals surface area contributed by atoms with Crippen molar-refractivity contribution in [2.24, 2.45) is 11.8 Å². The number of Topliss-reactive ketones (excluding diaryl/α,β-unsaturated/α-hetero) is 1. The lowest BCUT2D eigenvalue weighted by molar-refractivity contribution is -0.126. The van der Waals surface area contributed by atoms with Crippen molar-refractivity contribution >= 4 is 5.78 Å². The Morgan fingerprint density at radius 1 is 1.60 bits per heavy atom. The second-order valence-electron chi connectivity index (χ2n) is 2.95. The van der Waals surface area contributed by atoms with E-state index in [1.165, 1.54) is 0 Å². The Bertz CT molecular complexity index is 195. The molecule has 0 aromatic carbocycles. The summed E-state index contributed by atoms with van der Waals surface area (Å²) in [6.07, 6.45) is 4.74. The smallest absolute Gasteiger partial charge is 0.162 e. The standard InChI is InChI=1S/C8H10O2/c1-10-8-6-3-2-5(6)4-7(8)9/h2-3,5-6,8H,4H2,1H3/t5-,6-,8-/m0/s1. The lowest BCUT2D eigenvalue weighted by Crippen LogP contribution is -2.26. The van der Waals surface area contributed by atoms with Crippen molar-refractivity contribution in [2.75, 3.05) is 7.11 Å². The molecule has 2 nitrogen and oxygen atoms in total. The first-order chi connectivity index (χ1) is 4.83. The molecule has 54 valence electrons. The van der Waals surface area contributed by atoms with Gasteiger partial charge in [0.25, 0.3) is 0 Å². The van der Waals surface area contributed by atoms with Gasteiger partial charge in [0.2, 0.25) is 0 Å². The molecule has 3 atom stereocenters.